The zero-order valence-corrected chi connectivity index (χ0v) is 11.8. The van der Waals surface area contributed by atoms with Crippen LogP contribution in [0.15, 0.2) is 22.7 Å². The Bertz CT molecular complexity index is 378. The van der Waals surface area contributed by atoms with Crippen LogP contribution < -0.4 is 10.1 Å². The fraction of sp³-hybridized carbons (Fsp3) is 0.538. The summed E-state index contributed by atoms with van der Waals surface area (Å²) in [6, 6.07) is 6.59. The number of ether oxygens (including phenoxy) is 2. The minimum absolute atomic E-state index is 0.444. The summed E-state index contributed by atoms with van der Waals surface area (Å²) < 4.78 is 11.7. The van der Waals surface area contributed by atoms with E-state index in [1.165, 1.54) is 0 Å². The van der Waals surface area contributed by atoms with Gasteiger partial charge >= 0.3 is 0 Å². The number of nitrogens with one attached hydrogen (secondary N) is 1. The predicted octanol–water partition coefficient (Wildman–Crippen LogP) is 3.44. The van der Waals surface area contributed by atoms with Gasteiger partial charge in [0.05, 0.1) is 17.7 Å². The second-order valence-corrected chi connectivity index (χ2v) is 5.09. The van der Waals surface area contributed by atoms with Crippen molar-refractivity contribution in [1.29, 1.82) is 0 Å². The number of benzene rings is 1. The fourth-order valence-electron chi connectivity index (χ4n) is 2.05. The largest absolute Gasteiger partial charge is 0.496 e. The molecule has 1 aromatic rings. The second kappa shape index (κ2) is 5.74. The summed E-state index contributed by atoms with van der Waals surface area (Å²) in [5, 5.41) is 3.49. The van der Waals surface area contributed by atoms with Gasteiger partial charge in [0.15, 0.2) is 0 Å². The zero-order valence-electron chi connectivity index (χ0n) is 10.2. The summed E-state index contributed by atoms with van der Waals surface area (Å²) in [4.78, 5) is 0. The molecule has 94 valence electrons. The van der Waals surface area contributed by atoms with E-state index in [-0.39, 0.29) is 0 Å². The van der Waals surface area contributed by atoms with Crippen molar-refractivity contribution in [3.63, 3.8) is 0 Å². The highest BCUT2D eigenvalue weighted by molar-refractivity contribution is 9.10. The highest BCUT2D eigenvalue weighted by atomic mass is 79.9. The molecule has 0 heterocycles. The van der Waals surface area contributed by atoms with Crippen molar-refractivity contribution >= 4 is 21.6 Å². The van der Waals surface area contributed by atoms with Gasteiger partial charge in [-0.05, 0) is 53.9 Å². The molecule has 1 saturated carbocycles. The van der Waals surface area contributed by atoms with Crippen molar-refractivity contribution in [2.75, 3.05) is 19.0 Å². The topological polar surface area (TPSA) is 30.5 Å². The van der Waals surface area contributed by atoms with Gasteiger partial charge in [-0.3, -0.25) is 0 Å². The van der Waals surface area contributed by atoms with Crippen LogP contribution in [0.3, 0.4) is 0 Å². The normalized spacial score (nSPS) is 23.0. The van der Waals surface area contributed by atoms with Gasteiger partial charge in [-0.1, -0.05) is 0 Å². The second-order valence-electron chi connectivity index (χ2n) is 4.24. The van der Waals surface area contributed by atoms with E-state index in [9.17, 15) is 0 Å². The average Bonchev–Trinajstić information content (AvgIpc) is 2.26. The minimum Gasteiger partial charge on any atom is -0.496 e. The molecular formula is C13H18BrNO2. The molecule has 1 aromatic carbocycles. The summed E-state index contributed by atoms with van der Waals surface area (Å²) in [6.07, 6.45) is 2.63. The molecule has 1 N–H and O–H groups in total. The van der Waals surface area contributed by atoms with E-state index >= 15 is 0 Å². The Labute approximate surface area is 111 Å². The van der Waals surface area contributed by atoms with E-state index in [2.05, 4.69) is 21.2 Å². The molecule has 0 unspecified atom stereocenters. The Morgan fingerprint density at radius 2 is 2.18 bits per heavy atom. The first kappa shape index (κ1) is 12.7. The van der Waals surface area contributed by atoms with E-state index in [1.807, 2.05) is 25.1 Å². The van der Waals surface area contributed by atoms with Crippen LogP contribution in [0.1, 0.15) is 19.8 Å². The van der Waals surface area contributed by atoms with E-state index in [4.69, 9.17) is 9.47 Å². The zero-order chi connectivity index (χ0) is 12.3. The maximum atomic E-state index is 5.54. The van der Waals surface area contributed by atoms with Crippen LogP contribution in [0.4, 0.5) is 5.69 Å². The van der Waals surface area contributed by atoms with E-state index < -0.39 is 0 Å². The lowest BCUT2D eigenvalue weighted by atomic mass is 9.89. The maximum absolute atomic E-state index is 5.54. The highest BCUT2D eigenvalue weighted by Gasteiger charge is 2.29. The van der Waals surface area contributed by atoms with Crippen LogP contribution in [0.2, 0.25) is 0 Å². The lowest BCUT2D eigenvalue weighted by Crippen LogP contribution is -2.40. The van der Waals surface area contributed by atoms with E-state index in [1.54, 1.807) is 7.11 Å². The Kier molecular flexibility index (Phi) is 4.29. The van der Waals surface area contributed by atoms with Crippen LogP contribution >= 0.6 is 15.9 Å². The van der Waals surface area contributed by atoms with Crippen LogP contribution in [0, 0.1) is 0 Å². The number of methoxy groups -OCH3 is 1. The van der Waals surface area contributed by atoms with Crippen molar-refractivity contribution in [2.45, 2.75) is 31.9 Å². The van der Waals surface area contributed by atoms with Gasteiger partial charge in [-0.15, -0.1) is 0 Å². The first-order chi connectivity index (χ1) is 8.22. The molecule has 0 aliphatic heterocycles. The molecule has 4 heteroatoms. The van der Waals surface area contributed by atoms with Gasteiger partial charge in [0, 0.05) is 18.3 Å². The van der Waals surface area contributed by atoms with Crippen LogP contribution in [-0.2, 0) is 4.74 Å². The molecule has 2 rings (SSSR count). The van der Waals surface area contributed by atoms with Gasteiger partial charge in [-0.2, -0.15) is 0 Å². The Morgan fingerprint density at radius 3 is 2.76 bits per heavy atom. The number of hydrogen-bond acceptors (Lipinski definition) is 3. The lowest BCUT2D eigenvalue weighted by molar-refractivity contribution is 0.00299. The first-order valence-corrected chi connectivity index (χ1v) is 6.74. The SMILES string of the molecule is CCOC1CC(Nc2ccc(OC)c(Br)c2)C1. The number of halogens is 1. The third kappa shape index (κ3) is 3.13. The first-order valence-electron chi connectivity index (χ1n) is 5.94. The molecule has 1 aliphatic rings. The third-order valence-corrected chi connectivity index (χ3v) is 3.64. The molecule has 0 amide bonds. The van der Waals surface area contributed by atoms with Crippen molar-refractivity contribution in [1.82, 2.24) is 0 Å². The molecule has 0 bridgehead atoms. The molecule has 3 nitrogen and oxygen atoms in total. The molecule has 0 atom stereocenters. The average molecular weight is 300 g/mol. The summed E-state index contributed by atoms with van der Waals surface area (Å²) in [6.45, 7) is 2.85. The molecule has 0 aromatic heterocycles. The van der Waals surface area contributed by atoms with Gasteiger partial charge in [-0.25, -0.2) is 0 Å². The predicted molar refractivity (Wildman–Crippen MR) is 72.8 cm³/mol. The Morgan fingerprint density at radius 1 is 1.41 bits per heavy atom. The minimum atomic E-state index is 0.444. The molecule has 0 saturated heterocycles. The summed E-state index contributed by atoms with van der Waals surface area (Å²) in [5.41, 5.74) is 1.12. The van der Waals surface area contributed by atoms with Gasteiger partial charge < -0.3 is 14.8 Å². The number of hydrogen-bond donors (Lipinski definition) is 1. The molecule has 17 heavy (non-hydrogen) atoms. The summed E-state index contributed by atoms with van der Waals surface area (Å²) in [5.74, 6) is 0.858. The van der Waals surface area contributed by atoms with Crippen LogP contribution in [0.5, 0.6) is 5.75 Å². The van der Waals surface area contributed by atoms with E-state index in [0.29, 0.717) is 12.1 Å². The summed E-state index contributed by atoms with van der Waals surface area (Å²) >= 11 is 3.48. The third-order valence-electron chi connectivity index (χ3n) is 3.02. The number of anilines is 1. The van der Waals surface area contributed by atoms with Gasteiger partial charge in [0.25, 0.3) is 0 Å². The highest BCUT2D eigenvalue weighted by Crippen LogP contribution is 2.31. The smallest absolute Gasteiger partial charge is 0.133 e. The molecule has 0 radical (unpaired) electrons. The number of rotatable bonds is 5. The van der Waals surface area contributed by atoms with Crippen molar-refractivity contribution < 1.29 is 9.47 Å². The Balaban J connectivity index is 1.86. The van der Waals surface area contributed by atoms with Crippen LogP contribution in [-0.4, -0.2) is 25.9 Å². The quantitative estimate of drug-likeness (QED) is 0.903. The fourth-order valence-corrected chi connectivity index (χ4v) is 2.59. The maximum Gasteiger partial charge on any atom is 0.133 e. The standard InChI is InChI=1S/C13H18BrNO2/c1-3-17-11-6-10(7-11)15-9-4-5-13(16-2)12(14)8-9/h4-5,8,10-11,15H,3,6-7H2,1-2H3. The summed E-state index contributed by atoms with van der Waals surface area (Å²) in [7, 11) is 1.67. The van der Waals surface area contributed by atoms with Crippen molar-refractivity contribution in [3.05, 3.63) is 22.7 Å². The van der Waals surface area contributed by atoms with Crippen LogP contribution in [0.25, 0.3) is 0 Å². The molecule has 0 spiro atoms. The van der Waals surface area contributed by atoms with E-state index in [0.717, 1.165) is 35.4 Å². The van der Waals surface area contributed by atoms with Crippen molar-refractivity contribution in [3.8, 4) is 5.75 Å². The van der Waals surface area contributed by atoms with Crippen molar-refractivity contribution in [2.24, 2.45) is 0 Å². The van der Waals surface area contributed by atoms with Gasteiger partial charge in [0.1, 0.15) is 5.75 Å². The van der Waals surface area contributed by atoms with Gasteiger partial charge in [0.2, 0.25) is 0 Å². The lowest BCUT2D eigenvalue weighted by Gasteiger charge is -2.36. The monoisotopic (exact) mass is 299 g/mol. The molecular weight excluding hydrogens is 282 g/mol. The molecule has 1 fully saturated rings. The molecule has 1 aliphatic carbocycles. The Hall–Kier alpha value is -0.740.